The average Bonchev–Trinajstić information content (AvgIpc) is 3.40. The van der Waals surface area contributed by atoms with Gasteiger partial charge in [0, 0.05) is 22.7 Å². The molecule has 31 heavy (non-hydrogen) atoms. The van der Waals surface area contributed by atoms with E-state index < -0.39 is 5.91 Å². The Balaban J connectivity index is 1.49. The van der Waals surface area contributed by atoms with Crippen LogP contribution in [0.4, 0.5) is 11.5 Å². The zero-order chi connectivity index (χ0) is 21.8. The maximum absolute atomic E-state index is 12.6. The Morgan fingerprint density at radius 1 is 1.10 bits per heavy atom. The molecule has 2 aromatic carbocycles. The van der Waals surface area contributed by atoms with Gasteiger partial charge >= 0.3 is 0 Å². The number of nitrogens with one attached hydrogen (secondary N) is 3. The van der Waals surface area contributed by atoms with E-state index in [0.717, 1.165) is 10.9 Å². The lowest BCUT2D eigenvalue weighted by molar-refractivity contribution is -0.111. The number of nitrogens with zero attached hydrogens (tertiary/aromatic N) is 1. The number of aromatic amines is 1. The van der Waals surface area contributed by atoms with Crippen LogP contribution >= 0.6 is 0 Å². The Labute approximate surface area is 177 Å². The molecule has 4 aromatic rings. The number of carbonyl (C=O) groups is 2. The molecule has 0 saturated carbocycles. The van der Waals surface area contributed by atoms with E-state index in [1.165, 1.54) is 0 Å². The second-order valence-electron chi connectivity index (χ2n) is 6.55. The Hall–Kier alpha value is -4.51. The first-order valence-corrected chi connectivity index (χ1v) is 9.34. The van der Waals surface area contributed by atoms with Crippen molar-refractivity contribution < 1.29 is 18.7 Å². The highest BCUT2D eigenvalue weighted by atomic mass is 16.5. The van der Waals surface area contributed by atoms with Gasteiger partial charge in [-0.3, -0.25) is 14.7 Å². The third kappa shape index (κ3) is 4.41. The van der Waals surface area contributed by atoms with Crippen LogP contribution in [0.5, 0.6) is 5.75 Å². The van der Waals surface area contributed by atoms with Crippen molar-refractivity contribution in [2.45, 2.75) is 6.92 Å². The predicted molar refractivity (Wildman–Crippen MR) is 117 cm³/mol. The van der Waals surface area contributed by atoms with Crippen LogP contribution < -0.4 is 15.4 Å². The van der Waals surface area contributed by atoms with Gasteiger partial charge in [0.25, 0.3) is 11.8 Å². The Bertz CT molecular complexity index is 1340. The van der Waals surface area contributed by atoms with Gasteiger partial charge in [0.2, 0.25) is 0 Å². The number of furan rings is 1. The fraction of sp³-hybridized carbons (Fsp3) is 0.0870. The molecule has 0 radical (unpaired) electrons. The average molecular weight is 414 g/mol. The maximum atomic E-state index is 12.6. The van der Waals surface area contributed by atoms with Gasteiger partial charge in [0.15, 0.2) is 11.6 Å². The summed E-state index contributed by atoms with van der Waals surface area (Å²) in [4.78, 5) is 24.2. The Morgan fingerprint density at radius 2 is 1.97 bits per heavy atom. The van der Waals surface area contributed by atoms with E-state index in [1.54, 1.807) is 62.6 Å². The molecule has 8 heteroatoms. The van der Waals surface area contributed by atoms with Crippen molar-refractivity contribution in [3.05, 3.63) is 60.4 Å². The summed E-state index contributed by atoms with van der Waals surface area (Å²) in [6, 6.07) is 15.8. The molecule has 0 atom stereocenters. The summed E-state index contributed by atoms with van der Waals surface area (Å²) in [7, 11) is 1.58. The van der Waals surface area contributed by atoms with Gasteiger partial charge in [-0.25, -0.2) is 0 Å². The zero-order valence-corrected chi connectivity index (χ0v) is 16.8. The van der Waals surface area contributed by atoms with Crippen LogP contribution in [0.15, 0.2) is 59.0 Å². The molecule has 0 unspecified atom stereocenters. The maximum Gasteiger partial charge on any atom is 0.300 e. The quantitative estimate of drug-likeness (QED) is 0.427. The van der Waals surface area contributed by atoms with E-state index >= 15 is 0 Å². The molecular weight excluding hydrogens is 396 g/mol. The van der Waals surface area contributed by atoms with Gasteiger partial charge in [-0.2, -0.15) is 5.10 Å². The molecule has 0 bridgehead atoms. The summed E-state index contributed by atoms with van der Waals surface area (Å²) in [6.45, 7) is 1.60. The third-order valence-corrected chi connectivity index (χ3v) is 4.44. The van der Waals surface area contributed by atoms with Crippen molar-refractivity contribution in [1.82, 2.24) is 10.2 Å². The van der Waals surface area contributed by atoms with E-state index in [-0.39, 0.29) is 11.7 Å². The molecule has 0 aliphatic heterocycles. The van der Waals surface area contributed by atoms with Crippen molar-refractivity contribution in [3.8, 4) is 28.8 Å². The second-order valence-corrected chi connectivity index (χ2v) is 6.55. The highest BCUT2D eigenvalue weighted by Crippen LogP contribution is 2.26. The van der Waals surface area contributed by atoms with Gasteiger partial charge in [-0.15, -0.1) is 0 Å². The molecule has 0 saturated heterocycles. The first-order valence-electron chi connectivity index (χ1n) is 9.34. The minimum absolute atomic E-state index is 0.162. The van der Waals surface area contributed by atoms with Gasteiger partial charge in [-0.1, -0.05) is 18.1 Å². The Morgan fingerprint density at radius 3 is 2.77 bits per heavy atom. The molecule has 0 fully saturated rings. The number of amides is 2. The molecule has 2 heterocycles. The standard InChI is InChI=1S/C23H18N4O4/c1-3-5-22(28)24-16-7-4-6-14(10-16)18-13-21(27-26-18)25-23(29)20-12-15-11-17(30-2)8-9-19(15)31-20/h4,6-13H,1-2H3,(H,24,28)(H2,25,26,27,29). The topological polar surface area (TPSA) is 109 Å². The summed E-state index contributed by atoms with van der Waals surface area (Å²) < 4.78 is 10.8. The van der Waals surface area contributed by atoms with Crippen molar-refractivity contribution in [3.63, 3.8) is 0 Å². The summed E-state index contributed by atoms with van der Waals surface area (Å²) in [5.41, 5.74) is 2.64. The van der Waals surface area contributed by atoms with Crippen LogP contribution in [-0.2, 0) is 4.79 Å². The number of ether oxygens (including phenoxy) is 1. The fourth-order valence-corrected chi connectivity index (χ4v) is 3.01. The van der Waals surface area contributed by atoms with Crippen LogP contribution in [0, 0.1) is 11.8 Å². The molecule has 3 N–H and O–H groups in total. The van der Waals surface area contributed by atoms with Crippen LogP contribution in [0.25, 0.3) is 22.2 Å². The number of hydrogen-bond acceptors (Lipinski definition) is 5. The lowest BCUT2D eigenvalue weighted by atomic mass is 10.1. The molecule has 0 spiro atoms. The van der Waals surface area contributed by atoms with Crippen molar-refractivity contribution in [1.29, 1.82) is 0 Å². The molecule has 4 rings (SSSR count). The first kappa shape index (κ1) is 19.8. The van der Waals surface area contributed by atoms with Crippen LogP contribution in [0.3, 0.4) is 0 Å². The van der Waals surface area contributed by atoms with Crippen molar-refractivity contribution in [2.24, 2.45) is 0 Å². The largest absolute Gasteiger partial charge is 0.497 e. The number of carbonyl (C=O) groups excluding carboxylic acids is 2. The molecular formula is C23H18N4O4. The number of rotatable bonds is 5. The van der Waals surface area contributed by atoms with E-state index in [9.17, 15) is 9.59 Å². The fourth-order valence-electron chi connectivity index (χ4n) is 3.01. The number of aromatic nitrogens is 2. The molecule has 0 aliphatic carbocycles. The minimum atomic E-state index is -0.424. The number of H-pyrrole nitrogens is 1. The number of hydrogen-bond donors (Lipinski definition) is 3. The minimum Gasteiger partial charge on any atom is -0.497 e. The van der Waals surface area contributed by atoms with E-state index in [2.05, 4.69) is 32.7 Å². The highest BCUT2D eigenvalue weighted by molar-refractivity contribution is 6.05. The summed E-state index contributed by atoms with van der Waals surface area (Å²) >= 11 is 0. The van der Waals surface area contributed by atoms with E-state index in [0.29, 0.717) is 28.5 Å². The number of benzene rings is 2. The third-order valence-electron chi connectivity index (χ3n) is 4.44. The van der Waals surface area contributed by atoms with Gasteiger partial charge < -0.3 is 19.8 Å². The molecule has 2 aromatic heterocycles. The second kappa shape index (κ2) is 8.47. The summed E-state index contributed by atoms with van der Waals surface area (Å²) in [5, 5.41) is 13.2. The SMILES string of the molecule is CC#CC(=O)Nc1cccc(-c2cc(NC(=O)c3cc4cc(OC)ccc4o3)n[nH]2)c1. The van der Waals surface area contributed by atoms with Crippen LogP contribution in [0.2, 0.25) is 0 Å². The number of anilines is 2. The molecule has 154 valence electrons. The zero-order valence-electron chi connectivity index (χ0n) is 16.8. The summed E-state index contributed by atoms with van der Waals surface area (Å²) in [5.74, 6) is 5.34. The number of methoxy groups -OCH3 is 1. The van der Waals surface area contributed by atoms with Crippen molar-refractivity contribution >= 4 is 34.3 Å². The van der Waals surface area contributed by atoms with Gasteiger partial charge in [-0.05, 0) is 49.2 Å². The number of fused-ring (bicyclic) bond motifs is 1. The van der Waals surface area contributed by atoms with E-state index in [1.807, 2.05) is 6.07 Å². The molecule has 2 amide bonds. The highest BCUT2D eigenvalue weighted by Gasteiger charge is 2.15. The first-order chi connectivity index (χ1) is 15.1. The smallest absolute Gasteiger partial charge is 0.300 e. The lowest BCUT2D eigenvalue weighted by Crippen LogP contribution is -2.10. The van der Waals surface area contributed by atoms with Crippen LogP contribution in [-0.4, -0.2) is 29.1 Å². The predicted octanol–water partition coefficient (Wildman–Crippen LogP) is 4.05. The normalized spacial score (nSPS) is 10.3. The Kier molecular flexibility index (Phi) is 5.41. The van der Waals surface area contributed by atoms with Gasteiger partial charge in [0.05, 0.1) is 12.8 Å². The summed E-state index contributed by atoms with van der Waals surface area (Å²) in [6.07, 6.45) is 0. The molecule has 8 nitrogen and oxygen atoms in total. The lowest BCUT2D eigenvalue weighted by Gasteiger charge is -2.03. The monoisotopic (exact) mass is 414 g/mol. The van der Waals surface area contributed by atoms with Crippen LogP contribution in [0.1, 0.15) is 17.5 Å². The van der Waals surface area contributed by atoms with Gasteiger partial charge in [0.1, 0.15) is 11.3 Å². The molecule has 0 aliphatic rings. The van der Waals surface area contributed by atoms with Crippen molar-refractivity contribution in [2.75, 3.05) is 17.7 Å². The van der Waals surface area contributed by atoms with E-state index in [4.69, 9.17) is 9.15 Å².